The Bertz CT molecular complexity index is 956. The quantitative estimate of drug-likeness (QED) is 0.701. The summed E-state index contributed by atoms with van der Waals surface area (Å²) >= 11 is 1.41. The maximum atomic E-state index is 10.5. The van der Waals surface area contributed by atoms with E-state index in [1.165, 1.54) is 11.5 Å². The fraction of sp³-hybridized carbons (Fsp3) is 0.400. The smallest absolute Gasteiger partial charge is 0.245 e. The molecule has 0 saturated carbocycles. The summed E-state index contributed by atoms with van der Waals surface area (Å²) in [5.74, 6) is 1.33. The fourth-order valence-corrected chi connectivity index (χ4v) is 4.08. The fourth-order valence-electron chi connectivity index (χ4n) is 3.41. The second-order valence-corrected chi connectivity index (χ2v) is 8.10. The van der Waals surface area contributed by atoms with Gasteiger partial charge < -0.3 is 15.3 Å². The molecule has 8 heteroatoms. The monoisotopic (exact) mass is 396 g/mol. The van der Waals surface area contributed by atoms with Crippen molar-refractivity contribution in [1.29, 1.82) is 0 Å². The molecule has 0 radical (unpaired) electrons. The van der Waals surface area contributed by atoms with Gasteiger partial charge in [0.05, 0.1) is 11.9 Å². The van der Waals surface area contributed by atoms with Crippen LogP contribution in [0, 0.1) is 12.8 Å². The van der Waals surface area contributed by atoms with E-state index in [9.17, 15) is 5.11 Å². The Morgan fingerprint density at radius 1 is 1.29 bits per heavy atom. The number of aromatic nitrogens is 4. The average Bonchev–Trinajstić information content (AvgIpc) is 3.14. The molecule has 0 unspecified atom stereocenters. The Morgan fingerprint density at radius 3 is 2.79 bits per heavy atom. The van der Waals surface area contributed by atoms with Gasteiger partial charge in [0.1, 0.15) is 11.4 Å². The van der Waals surface area contributed by atoms with E-state index in [-0.39, 0.29) is 5.75 Å². The third-order valence-corrected chi connectivity index (χ3v) is 5.88. The van der Waals surface area contributed by atoms with E-state index in [0.717, 1.165) is 36.5 Å². The van der Waals surface area contributed by atoms with Crippen LogP contribution in [0.1, 0.15) is 19.4 Å². The molecule has 3 heterocycles. The summed E-state index contributed by atoms with van der Waals surface area (Å²) in [6, 6.07) is 5.92. The summed E-state index contributed by atoms with van der Waals surface area (Å²) in [7, 11) is 0. The molecule has 0 bridgehead atoms. The van der Waals surface area contributed by atoms with Gasteiger partial charge in [0.15, 0.2) is 0 Å². The number of hydrogen-bond donors (Lipinski definition) is 2. The van der Waals surface area contributed by atoms with Crippen molar-refractivity contribution in [2.75, 3.05) is 24.5 Å². The molecule has 0 amide bonds. The minimum absolute atomic E-state index is 0.149. The maximum absolute atomic E-state index is 10.5. The molecule has 7 nitrogen and oxygen atoms in total. The van der Waals surface area contributed by atoms with Crippen LogP contribution >= 0.6 is 11.5 Å². The highest BCUT2D eigenvalue weighted by atomic mass is 32.1. The van der Waals surface area contributed by atoms with Gasteiger partial charge in [0.25, 0.3) is 0 Å². The first-order valence-electron chi connectivity index (χ1n) is 9.45. The number of aryl methyl sites for hydroxylation is 1. The summed E-state index contributed by atoms with van der Waals surface area (Å²) < 4.78 is 4.39. The van der Waals surface area contributed by atoms with Crippen LogP contribution in [0.5, 0.6) is 5.75 Å². The lowest BCUT2D eigenvalue weighted by molar-refractivity contribution is 0.365. The van der Waals surface area contributed by atoms with Crippen molar-refractivity contribution >= 4 is 17.5 Å². The van der Waals surface area contributed by atoms with Gasteiger partial charge >= 0.3 is 0 Å². The van der Waals surface area contributed by atoms with E-state index < -0.39 is 0 Å². The lowest BCUT2D eigenvalue weighted by Gasteiger charge is -2.35. The number of phenols is 1. The molecule has 1 aliphatic heterocycles. The Balaban J connectivity index is 1.55. The third kappa shape index (κ3) is 3.70. The lowest BCUT2D eigenvalue weighted by atomic mass is 10.0. The van der Waals surface area contributed by atoms with Gasteiger partial charge in [-0.25, -0.2) is 4.98 Å². The molecule has 2 aromatic heterocycles. The number of nitrogens with zero attached hydrogens (tertiary/aromatic N) is 5. The van der Waals surface area contributed by atoms with Gasteiger partial charge in [-0.05, 0) is 42.1 Å². The third-order valence-electron chi connectivity index (χ3n) is 5.14. The van der Waals surface area contributed by atoms with Crippen LogP contribution in [-0.4, -0.2) is 50.3 Å². The molecule has 0 spiro atoms. The predicted octanol–water partition coefficient (Wildman–Crippen LogP) is 3.11. The number of hydrogen-bond acceptors (Lipinski definition) is 8. The molecular formula is C20H24N6OS. The standard InChI is InChI=1S/C20H24N6OS/c1-12(2)17-10-26(7-6-21-17)20-22-9-16(23-24-20)15-5-4-14(8-18(15)27)19-13(3)11-28-25-19/h4-5,8-9,11-12,17,21,27H,6-7,10H2,1-3H3/t17-/m1/s1. The van der Waals surface area contributed by atoms with E-state index in [1.807, 2.05) is 24.4 Å². The van der Waals surface area contributed by atoms with Crippen LogP contribution in [0.3, 0.4) is 0 Å². The van der Waals surface area contributed by atoms with Crippen LogP contribution in [0.15, 0.2) is 29.8 Å². The highest BCUT2D eigenvalue weighted by Crippen LogP contribution is 2.33. The van der Waals surface area contributed by atoms with Crippen molar-refractivity contribution in [2.24, 2.45) is 5.92 Å². The molecule has 4 rings (SSSR count). The minimum Gasteiger partial charge on any atom is -0.507 e. The zero-order valence-corrected chi connectivity index (χ0v) is 17.1. The molecule has 3 aromatic rings. The van der Waals surface area contributed by atoms with Crippen molar-refractivity contribution in [2.45, 2.75) is 26.8 Å². The second kappa shape index (κ2) is 7.81. The number of anilines is 1. The number of nitrogens with one attached hydrogen (secondary N) is 1. The highest BCUT2D eigenvalue weighted by Gasteiger charge is 2.23. The summed E-state index contributed by atoms with van der Waals surface area (Å²) in [4.78, 5) is 6.66. The SMILES string of the molecule is Cc1csnc1-c1ccc(-c2cnc(N3CCN[C@@H](C(C)C)C3)nn2)c(O)c1. The van der Waals surface area contributed by atoms with Gasteiger partial charge in [0.2, 0.25) is 5.95 Å². The van der Waals surface area contributed by atoms with E-state index in [4.69, 9.17) is 0 Å². The molecule has 146 valence electrons. The molecular weight excluding hydrogens is 372 g/mol. The summed E-state index contributed by atoms with van der Waals surface area (Å²) in [6.07, 6.45) is 1.68. The number of rotatable bonds is 4. The summed E-state index contributed by atoms with van der Waals surface area (Å²) in [5.41, 5.74) is 4.04. The summed E-state index contributed by atoms with van der Waals surface area (Å²) in [6.45, 7) is 9.07. The molecule has 1 fully saturated rings. The lowest BCUT2D eigenvalue weighted by Crippen LogP contribution is -2.53. The number of benzene rings is 1. The number of aromatic hydroxyl groups is 1. The van der Waals surface area contributed by atoms with E-state index >= 15 is 0 Å². The zero-order valence-electron chi connectivity index (χ0n) is 16.3. The van der Waals surface area contributed by atoms with E-state index in [1.54, 1.807) is 12.3 Å². The Kier molecular flexibility index (Phi) is 5.23. The molecule has 28 heavy (non-hydrogen) atoms. The van der Waals surface area contributed by atoms with Gasteiger partial charge in [-0.2, -0.15) is 4.37 Å². The molecule has 2 N–H and O–H groups in total. The topological polar surface area (TPSA) is 87.1 Å². The Morgan fingerprint density at radius 2 is 2.14 bits per heavy atom. The van der Waals surface area contributed by atoms with Crippen LogP contribution in [0.25, 0.3) is 22.5 Å². The Hall–Kier alpha value is -2.58. The zero-order chi connectivity index (χ0) is 19.7. The summed E-state index contributed by atoms with van der Waals surface area (Å²) in [5, 5.41) is 24.7. The molecule has 0 aliphatic carbocycles. The first-order chi connectivity index (χ1) is 13.5. The van der Waals surface area contributed by atoms with E-state index in [0.29, 0.717) is 29.2 Å². The van der Waals surface area contributed by atoms with Crippen molar-refractivity contribution in [1.82, 2.24) is 24.9 Å². The van der Waals surface area contributed by atoms with Crippen LogP contribution < -0.4 is 10.2 Å². The molecule has 1 aliphatic rings. The van der Waals surface area contributed by atoms with Crippen molar-refractivity contribution in [3.05, 3.63) is 35.3 Å². The van der Waals surface area contributed by atoms with Crippen LogP contribution in [0.2, 0.25) is 0 Å². The van der Waals surface area contributed by atoms with Gasteiger partial charge in [-0.3, -0.25) is 0 Å². The highest BCUT2D eigenvalue weighted by molar-refractivity contribution is 7.04. The van der Waals surface area contributed by atoms with Gasteiger partial charge in [-0.1, -0.05) is 19.9 Å². The predicted molar refractivity (Wildman–Crippen MR) is 112 cm³/mol. The number of piperazine rings is 1. The maximum Gasteiger partial charge on any atom is 0.245 e. The van der Waals surface area contributed by atoms with Crippen LogP contribution in [0.4, 0.5) is 5.95 Å². The average molecular weight is 397 g/mol. The number of phenolic OH excluding ortho intramolecular Hbond substituents is 1. The minimum atomic E-state index is 0.149. The largest absolute Gasteiger partial charge is 0.507 e. The van der Waals surface area contributed by atoms with Gasteiger partial charge in [-0.15, -0.1) is 10.2 Å². The van der Waals surface area contributed by atoms with Crippen molar-refractivity contribution < 1.29 is 5.11 Å². The first-order valence-corrected chi connectivity index (χ1v) is 10.3. The van der Waals surface area contributed by atoms with E-state index in [2.05, 4.69) is 43.6 Å². The van der Waals surface area contributed by atoms with Crippen molar-refractivity contribution in [3.8, 4) is 28.3 Å². The normalized spacial score (nSPS) is 17.3. The first kappa shape index (κ1) is 18.8. The second-order valence-electron chi connectivity index (χ2n) is 7.47. The van der Waals surface area contributed by atoms with Crippen molar-refractivity contribution in [3.63, 3.8) is 0 Å². The molecule has 1 saturated heterocycles. The van der Waals surface area contributed by atoms with Crippen LogP contribution in [-0.2, 0) is 0 Å². The molecule has 1 atom stereocenters. The van der Waals surface area contributed by atoms with Gasteiger partial charge in [0, 0.05) is 42.2 Å². The molecule has 1 aromatic carbocycles. The Labute approximate surface area is 168 Å².